The lowest BCUT2D eigenvalue weighted by Crippen LogP contribution is -2.41. The fraction of sp³-hybridized carbons (Fsp3) is 0.406. The zero-order valence-electron chi connectivity index (χ0n) is 24.4. The Morgan fingerprint density at radius 1 is 1.15 bits per heavy atom. The summed E-state index contributed by atoms with van der Waals surface area (Å²) in [4.78, 5) is 14.6. The molecule has 40 heavy (non-hydrogen) atoms. The minimum Gasteiger partial charge on any atom is -0.490 e. The molecular formula is C32H41N5O3. The molecule has 0 spiro atoms. The molecule has 3 heterocycles. The molecule has 2 unspecified atom stereocenters. The maximum absolute atomic E-state index is 10.1. The number of anilines is 1. The maximum Gasteiger partial charge on any atom is 0.211 e. The van der Waals surface area contributed by atoms with Gasteiger partial charge in [0.1, 0.15) is 23.4 Å². The SMILES string of the molecule is CC(C)(C)n1cc(NC=O)cn1.CCc1ccc(Oc2ccnc3ccc(OC4CCNCC4C)cc23)c(C)c1. The normalized spacial score (nSPS) is 17.1. The fourth-order valence-corrected chi connectivity index (χ4v) is 4.60. The number of hydrogen-bond donors (Lipinski definition) is 2. The number of benzene rings is 2. The number of nitrogens with zero attached hydrogens (tertiary/aromatic N) is 3. The van der Waals surface area contributed by atoms with Crippen molar-refractivity contribution in [2.24, 2.45) is 5.92 Å². The van der Waals surface area contributed by atoms with Gasteiger partial charge in [-0.25, -0.2) is 0 Å². The van der Waals surface area contributed by atoms with Gasteiger partial charge in [-0.3, -0.25) is 14.5 Å². The smallest absolute Gasteiger partial charge is 0.211 e. The van der Waals surface area contributed by atoms with E-state index in [4.69, 9.17) is 9.47 Å². The third-order valence-corrected chi connectivity index (χ3v) is 7.03. The highest BCUT2D eigenvalue weighted by atomic mass is 16.5. The van der Waals surface area contributed by atoms with Crippen molar-refractivity contribution in [3.63, 3.8) is 0 Å². The van der Waals surface area contributed by atoms with E-state index < -0.39 is 0 Å². The standard InChI is InChI=1S/C24H28N2O2.C8H13N3O/c1-4-18-5-8-22(16(2)13-18)28-24-10-12-26-21-7-6-19(14-20(21)24)27-23-9-11-25-15-17(23)3;1-8(2,3)11-5-7(4-10-11)9-6-12/h5-8,10,12-14,17,23,25H,4,9,11,15H2,1-3H3;4-6H,1-3H3,(H,9,12). The number of nitrogens with one attached hydrogen (secondary N) is 2. The van der Waals surface area contributed by atoms with Crippen LogP contribution in [0.5, 0.6) is 17.2 Å². The molecule has 212 valence electrons. The Kier molecular flexibility index (Phi) is 9.42. The van der Waals surface area contributed by atoms with Gasteiger partial charge in [-0.2, -0.15) is 5.10 Å². The van der Waals surface area contributed by atoms with Crippen molar-refractivity contribution < 1.29 is 14.3 Å². The Morgan fingerprint density at radius 3 is 2.65 bits per heavy atom. The molecule has 2 aromatic heterocycles. The maximum atomic E-state index is 10.1. The molecule has 5 rings (SSSR count). The van der Waals surface area contributed by atoms with Crippen LogP contribution in [0, 0.1) is 12.8 Å². The largest absolute Gasteiger partial charge is 0.490 e. The summed E-state index contributed by atoms with van der Waals surface area (Å²) < 4.78 is 14.4. The lowest BCUT2D eigenvalue weighted by atomic mass is 9.98. The molecule has 0 bridgehead atoms. The Bertz CT molecular complexity index is 1430. The summed E-state index contributed by atoms with van der Waals surface area (Å²) in [7, 11) is 0. The Balaban J connectivity index is 0.000000259. The lowest BCUT2D eigenvalue weighted by molar-refractivity contribution is -0.105. The number of carbonyl (C=O) groups excluding carboxylic acids is 1. The number of pyridine rings is 1. The summed E-state index contributed by atoms with van der Waals surface area (Å²) in [6, 6.07) is 14.4. The van der Waals surface area contributed by atoms with E-state index in [2.05, 4.69) is 65.8 Å². The summed E-state index contributed by atoms with van der Waals surface area (Å²) in [6.45, 7) is 14.6. The van der Waals surface area contributed by atoms with Crippen LogP contribution in [0.4, 0.5) is 5.69 Å². The molecule has 1 aliphatic rings. The van der Waals surface area contributed by atoms with Gasteiger partial charge in [0, 0.05) is 30.2 Å². The number of fused-ring (bicyclic) bond motifs is 1. The van der Waals surface area contributed by atoms with E-state index in [9.17, 15) is 4.79 Å². The zero-order valence-corrected chi connectivity index (χ0v) is 24.4. The zero-order chi connectivity index (χ0) is 28.7. The number of amides is 1. The van der Waals surface area contributed by atoms with E-state index in [0.717, 1.165) is 65.3 Å². The molecule has 1 aliphatic heterocycles. The molecule has 0 radical (unpaired) electrons. The summed E-state index contributed by atoms with van der Waals surface area (Å²) in [5, 5.41) is 11.0. The second-order valence-electron chi connectivity index (χ2n) is 11.3. The summed E-state index contributed by atoms with van der Waals surface area (Å²) >= 11 is 0. The Hall–Kier alpha value is -3.91. The van der Waals surface area contributed by atoms with Crippen molar-refractivity contribution in [2.45, 2.75) is 66.0 Å². The van der Waals surface area contributed by atoms with Crippen molar-refractivity contribution in [3.8, 4) is 17.2 Å². The number of rotatable bonds is 7. The van der Waals surface area contributed by atoms with Crippen LogP contribution in [0.15, 0.2) is 61.1 Å². The third-order valence-electron chi connectivity index (χ3n) is 7.03. The topological polar surface area (TPSA) is 90.3 Å². The van der Waals surface area contributed by atoms with E-state index in [1.54, 1.807) is 23.3 Å². The Labute approximate surface area is 237 Å². The second-order valence-corrected chi connectivity index (χ2v) is 11.3. The molecule has 2 atom stereocenters. The molecule has 1 saturated heterocycles. The number of aromatic nitrogens is 3. The van der Waals surface area contributed by atoms with Gasteiger partial charge in [-0.05, 0) is 88.5 Å². The van der Waals surface area contributed by atoms with Gasteiger partial charge >= 0.3 is 0 Å². The first-order valence-electron chi connectivity index (χ1n) is 14.0. The van der Waals surface area contributed by atoms with E-state index in [1.165, 1.54) is 5.56 Å². The molecule has 2 N–H and O–H groups in total. The van der Waals surface area contributed by atoms with Gasteiger partial charge in [0.15, 0.2) is 0 Å². The first-order chi connectivity index (χ1) is 19.2. The molecule has 4 aromatic rings. The predicted molar refractivity (Wildman–Crippen MR) is 160 cm³/mol. The van der Waals surface area contributed by atoms with Gasteiger partial charge in [0.25, 0.3) is 0 Å². The van der Waals surface area contributed by atoms with Crippen molar-refractivity contribution in [1.82, 2.24) is 20.1 Å². The van der Waals surface area contributed by atoms with E-state index in [-0.39, 0.29) is 11.6 Å². The number of piperidine rings is 1. The van der Waals surface area contributed by atoms with Crippen molar-refractivity contribution in [1.29, 1.82) is 0 Å². The van der Waals surface area contributed by atoms with Crippen LogP contribution in [0.25, 0.3) is 10.9 Å². The Morgan fingerprint density at radius 2 is 1.98 bits per heavy atom. The van der Waals surface area contributed by atoms with Gasteiger partial charge in [-0.15, -0.1) is 0 Å². The lowest BCUT2D eigenvalue weighted by Gasteiger charge is -2.30. The van der Waals surface area contributed by atoms with E-state index >= 15 is 0 Å². The molecule has 1 fully saturated rings. The van der Waals surface area contributed by atoms with E-state index in [1.807, 2.05) is 39.0 Å². The fourth-order valence-electron chi connectivity index (χ4n) is 4.60. The number of aryl methyl sites for hydroxylation is 2. The first-order valence-corrected chi connectivity index (χ1v) is 14.0. The number of hydrogen-bond acceptors (Lipinski definition) is 6. The summed E-state index contributed by atoms with van der Waals surface area (Å²) in [5.74, 6) is 3.06. The molecule has 0 aliphatic carbocycles. The highest BCUT2D eigenvalue weighted by molar-refractivity contribution is 5.86. The molecule has 8 heteroatoms. The monoisotopic (exact) mass is 543 g/mol. The molecule has 0 saturated carbocycles. The summed E-state index contributed by atoms with van der Waals surface area (Å²) in [5.41, 5.74) is 4.05. The van der Waals surface area contributed by atoms with Gasteiger partial charge < -0.3 is 20.1 Å². The predicted octanol–water partition coefficient (Wildman–Crippen LogP) is 6.48. The molecule has 2 aromatic carbocycles. The van der Waals surface area contributed by atoms with Crippen LogP contribution < -0.4 is 20.1 Å². The quantitative estimate of drug-likeness (QED) is 0.259. The minimum atomic E-state index is -0.0389. The molecule has 8 nitrogen and oxygen atoms in total. The highest BCUT2D eigenvalue weighted by Gasteiger charge is 2.23. The minimum absolute atomic E-state index is 0.0389. The summed E-state index contributed by atoms with van der Waals surface area (Å²) in [6.07, 6.45) is 8.15. The average molecular weight is 544 g/mol. The van der Waals surface area contributed by atoms with Crippen LogP contribution in [0.3, 0.4) is 0 Å². The van der Waals surface area contributed by atoms with Gasteiger partial charge in [0.05, 0.1) is 22.9 Å². The van der Waals surface area contributed by atoms with Crippen LogP contribution in [-0.2, 0) is 16.8 Å². The number of ether oxygens (including phenoxy) is 2. The van der Waals surface area contributed by atoms with Crippen LogP contribution in [0.2, 0.25) is 0 Å². The highest BCUT2D eigenvalue weighted by Crippen LogP contribution is 2.34. The van der Waals surface area contributed by atoms with Crippen LogP contribution in [0.1, 0.15) is 52.2 Å². The third kappa shape index (κ3) is 7.39. The molecular weight excluding hydrogens is 502 g/mol. The van der Waals surface area contributed by atoms with Crippen molar-refractivity contribution in [3.05, 3.63) is 72.2 Å². The molecule has 1 amide bonds. The van der Waals surface area contributed by atoms with Gasteiger partial charge in [-0.1, -0.05) is 26.0 Å². The van der Waals surface area contributed by atoms with Crippen LogP contribution >= 0.6 is 0 Å². The first kappa shape index (κ1) is 29.1. The van der Waals surface area contributed by atoms with Crippen molar-refractivity contribution >= 4 is 23.0 Å². The van der Waals surface area contributed by atoms with Crippen molar-refractivity contribution in [2.75, 3.05) is 18.4 Å². The average Bonchev–Trinajstić information content (AvgIpc) is 3.41. The van der Waals surface area contributed by atoms with E-state index in [0.29, 0.717) is 12.3 Å². The van der Waals surface area contributed by atoms with Gasteiger partial charge in [0.2, 0.25) is 6.41 Å². The van der Waals surface area contributed by atoms with Crippen LogP contribution in [-0.4, -0.2) is 40.4 Å². The second kappa shape index (κ2) is 13.0. The number of carbonyl (C=O) groups is 1.